The lowest BCUT2D eigenvalue weighted by Gasteiger charge is -2.42. The highest BCUT2D eigenvalue weighted by Crippen LogP contribution is 2.48. The molecule has 0 spiro atoms. The van der Waals surface area contributed by atoms with Gasteiger partial charge in [0.25, 0.3) is 0 Å². The fraction of sp³-hybridized carbons (Fsp3) is 1.00. The molecule has 0 aromatic rings. The molecule has 3 aliphatic carbocycles. The van der Waals surface area contributed by atoms with Crippen LogP contribution in [-0.4, -0.2) is 5.54 Å². The van der Waals surface area contributed by atoms with Crippen molar-refractivity contribution >= 4 is 24.8 Å². The fourth-order valence-electron chi connectivity index (χ4n) is 3.57. The molecule has 3 aliphatic rings. The predicted molar refractivity (Wildman–Crippen MR) is 78.1 cm³/mol. The number of rotatable bonds is 4. The van der Waals surface area contributed by atoms with Gasteiger partial charge in [0.05, 0.1) is 0 Å². The van der Waals surface area contributed by atoms with Gasteiger partial charge in [0.1, 0.15) is 0 Å². The van der Waals surface area contributed by atoms with Crippen LogP contribution in [0.2, 0.25) is 0 Å². The van der Waals surface area contributed by atoms with Gasteiger partial charge in [0, 0.05) is 5.54 Å². The van der Waals surface area contributed by atoms with Gasteiger partial charge in [-0.2, -0.15) is 0 Å². The maximum absolute atomic E-state index is 6.72. The average molecular weight is 280 g/mol. The van der Waals surface area contributed by atoms with Gasteiger partial charge in [-0.1, -0.05) is 38.5 Å². The number of hydrogen-bond acceptors (Lipinski definition) is 1. The van der Waals surface area contributed by atoms with E-state index < -0.39 is 0 Å². The van der Waals surface area contributed by atoms with E-state index in [9.17, 15) is 0 Å². The van der Waals surface area contributed by atoms with Crippen LogP contribution >= 0.6 is 24.8 Å². The average Bonchev–Trinajstić information content (AvgIpc) is 3.04. The normalized spacial score (nSPS) is 36.9. The molecular formula is C14H27Cl2N. The van der Waals surface area contributed by atoms with Crippen molar-refractivity contribution in [3.8, 4) is 0 Å². The van der Waals surface area contributed by atoms with Crippen LogP contribution in [0.1, 0.15) is 64.2 Å². The quantitative estimate of drug-likeness (QED) is 0.815. The Hall–Kier alpha value is 0.540. The summed E-state index contributed by atoms with van der Waals surface area (Å²) in [6.45, 7) is 0. The van der Waals surface area contributed by atoms with Crippen molar-refractivity contribution < 1.29 is 0 Å². The summed E-state index contributed by atoms with van der Waals surface area (Å²) in [7, 11) is 0. The molecule has 0 radical (unpaired) electrons. The number of hydrogen-bond donors (Lipinski definition) is 1. The molecule has 0 aromatic carbocycles. The lowest BCUT2D eigenvalue weighted by Crippen LogP contribution is -2.49. The molecule has 1 nitrogen and oxygen atoms in total. The second kappa shape index (κ2) is 6.12. The smallest absolute Gasteiger partial charge is 0.0185 e. The summed E-state index contributed by atoms with van der Waals surface area (Å²) in [6.07, 6.45) is 14.3. The molecule has 0 bridgehead atoms. The van der Waals surface area contributed by atoms with Crippen LogP contribution in [0, 0.1) is 17.8 Å². The van der Waals surface area contributed by atoms with E-state index in [1.54, 1.807) is 0 Å². The minimum Gasteiger partial charge on any atom is -0.325 e. The Bertz CT molecular complexity index is 238. The summed E-state index contributed by atoms with van der Waals surface area (Å²) in [5, 5.41) is 0. The molecule has 3 heteroatoms. The van der Waals surface area contributed by atoms with Crippen molar-refractivity contribution in [3.63, 3.8) is 0 Å². The lowest BCUT2D eigenvalue weighted by molar-refractivity contribution is 0.153. The van der Waals surface area contributed by atoms with Crippen LogP contribution < -0.4 is 5.73 Å². The van der Waals surface area contributed by atoms with Crippen molar-refractivity contribution in [1.82, 2.24) is 0 Å². The van der Waals surface area contributed by atoms with E-state index in [1.165, 1.54) is 64.2 Å². The first kappa shape index (κ1) is 15.6. The summed E-state index contributed by atoms with van der Waals surface area (Å²) < 4.78 is 0. The molecule has 0 amide bonds. The van der Waals surface area contributed by atoms with Crippen molar-refractivity contribution in [2.24, 2.45) is 23.5 Å². The molecule has 2 N–H and O–H groups in total. The van der Waals surface area contributed by atoms with Crippen LogP contribution in [0.15, 0.2) is 0 Å². The monoisotopic (exact) mass is 279 g/mol. The minimum absolute atomic E-state index is 0. The van der Waals surface area contributed by atoms with E-state index in [1.807, 2.05) is 0 Å². The Balaban J connectivity index is 0.000000722. The molecule has 0 saturated heterocycles. The summed E-state index contributed by atoms with van der Waals surface area (Å²) in [4.78, 5) is 0. The molecule has 2 atom stereocenters. The fourth-order valence-corrected chi connectivity index (χ4v) is 3.57. The number of halogens is 2. The Morgan fingerprint density at radius 3 is 2.12 bits per heavy atom. The van der Waals surface area contributed by atoms with E-state index in [0.717, 1.165) is 17.8 Å². The van der Waals surface area contributed by atoms with Crippen LogP contribution in [0.3, 0.4) is 0 Å². The Kier molecular flexibility index (Phi) is 5.62. The van der Waals surface area contributed by atoms with Gasteiger partial charge in [-0.25, -0.2) is 0 Å². The molecule has 0 aromatic heterocycles. The Labute approximate surface area is 118 Å². The third-order valence-corrected chi connectivity index (χ3v) is 4.94. The minimum atomic E-state index is 0. The van der Waals surface area contributed by atoms with E-state index in [4.69, 9.17) is 5.73 Å². The van der Waals surface area contributed by atoms with Gasteiger partial charge in [-0.3, -0.25) is 0 Å². The molecule has 17 heavy (non-hydrogen) atoms. The van der Waals surface area contributed by atoms with E-state index >= 15 is 0 Å². The zero-order valence-electron chi connectivity index (χ0n) is 10.7. The third kappa shape index (κ3) is 4.01. The van der Waals surface area contributed by atoms with E-state index in [2.05, 4.69) is 0 Å². The highest BCUT2D eigenvalue weighted by molar-refractivity contribution is 5.85. The Morgan fingerprint density at radius 2 is 1.53 bits per heavy atom. The second-order valence-corrected chi connectivity index (χ2v) is 6.50. The van der Waals surface area contributed by atoms with Gasteiger partial charge >= 0.3 is 0 Å². The maximum atomic E-state index is 6.72. The van der Waals surface area contributed by atoms with Gasteiger partial charge < -0.3 is 5.73 Å². The topological polar surface area (TPSA) is 26.0 Å². The van der Waals surface area contributed by atoms with Crippen molar-refractivity contribution in [2.75, 3.05) is 0 Å². The zero-order chi connectivity index (χ0) is 10.3. The lowest BCUT2D eigenvalue weighted by atomic mass is 9.68. The number of nitrogens with two attached hydrogens (primary N) is 1. The van der Waals surface area contributed by atoms with Gasteiger partial charge in [0.15, 0.2) is 0 Å². The maximum Gasteiger partial charge on any atom is 0.0185 e. The van der Waals surface area contributed by atoms with Crippen LogP contribution in [0.5, 0.6) is 0 Å². The van der Waals surface area contributed by atoms with E-state index in [-0.39, 0.29) is 30.4 Å². The van der Waals surface area contributed by atoms with Gasteiger partial charge in [-0.15, -0.1) is 24.8 Å². The first-order chi connectivity index (χ1) is 7.26. The molecule has 0 heterocycles. The molecule has 102 valence electrons. The Morgan fingerprint density at radius 1 is 0.882 bits per heavy atom. The summed E-state index contributed by atoms with van der Waals surface area (Å²) in [5.74, 6) is 2.95. The molecule has 2 unspecified atom stereocenters. The first-order valence-electron chi connectivity index (χ1n) is 7.05. The van der Waals surface area contributed by atoms with Gasteiger partial charge in [0.2, 0.25) is 0 Å². The summed E-state index contributed by atoms with van der Waals surface area (Å²) >= 11 is 0. The first-order valence-corrected chi connectivity index (χ1v) is 7.05. The predicted octanol–water partition coefficient (Wildman–Crippen LogP) is 4.32. The highest BCUT2D eigenvalue weighted by Gasteiger charge is 2.42. The molecule has 0 aliphatic heterocycles. The van der Waals surface area contributed by atoms with Crippen molar-refractivity contribution in [3.05, 3.63) is 0 Å². The van der Waals surface area contributed by atoms with Crippen LogP contribution in [0.25, 0.3) is 0 Å². The van der Waals surface area contributed by atoms with Gasteiger partial charge in [-0.05, 0) is 43.4 Å². The largest absolute Gasteiger partial charge is 0.325 e. The van der Waals surface area contributed by atoms with E-state index in [0.29, 0.717) is 0 Å². The SMILES string of the molecule is Cl.Cl.NC1(CC2CC2)CCCCC1CC1CC1. The zero-order valence-corrected chi connectivity index (χ0v) is 12.3. The highest BCUT2D eigenvalue weighted by atomic mass is 35.5. The standard InChI is InChI=1S/C14H25N.2ClH/c15-14(10-12-6-7-12)8-2-1-3-13(14)9-11-4-5-11;;/h11-13H,1-10,15H2;2*1H. The van der Waals surface area contributed by atoms with Crippen molar-refractivity contribution in [1.29, 1.82) is 0 Å². The second-order valence-electron chi connectivity index (χ2n) is 6.50. The molecular weight excluding hydrogens is 253 g/mol. The van der Waals surface area contributed by atoms with Crippen molar-refractivity contribution in [2.45, 2.75) is 69.7 Å². The molecule has 3 rings (SSSR count). The summed E-state index contributed by atoms with van der Waals surface area (Å²) in [6, 6.07) is 0. The van der Waals surface area contributed by atoms with Crippen LogP contribution in [0.4, 0.5) is 0 Å². The third-order valence-electron chi connectivity index (χ3n) is 4.94. The molecule has 3 fully saturated rings. The molecule has 3 saturated carbocycles. The summed E-state index contributed by atoms with van der Waals surface area (Å²) in [5.41, 5.74) is 6.97. The van der Waals surface area contributed by atoms with Crippen LogP contribution in [-0.2, 0) is 0 Å².